The first-order chi connectivity index (χ1) is 13.0. The summed E-state index contributed by atoms with van der Waals surface area (Å²) < 4.78 is 6.80. The lowest BCUT2D eigenvalue weighted by atomic mass is 10.1. The maximum absolute atomic E-state index is 12.4. The second kappa shape index (κ2) is 8.30. The summed E-state index contributed by atoms with van der Waals surface area (Å²) in [6, 6.07) is 1.03. The molecule has 0 aliphatic heterocycles. The molecule has 1 saturated carbocycles. The van der Waals surface area contributed by atoms with Crippen LogP contribution < -0.4 is 10.6 Å². The van der Waals surface area contributed by atoms with Gasteiger partial charge < -0.3 is 24.8 Å². The Labute approximate surface area is 156 Å². The number of rotatable bonds is 7. The molecule has 0 radical (unpaired) electrons. The van der Waals surface area contributed by atoms with Gasteiger partial charge >= 0.3 is 0 Å². The number of aliphatic hydroxyl groups is 1. The van der Waals surface area contributed by atoms with Gasteiger partial charge in [-0.15, -0.1) is 10.2 Å². The molecule has 2 aromatic heterocycles. The molecule has 10 heteroatoms. The molecule has 0 aromatic carbocycles. The summed E-state index contributed by atoms with van der Waals surface area (Å²) in [5, 5.41) is 27.3. The highest BCUT2D eigenvalue weighted by atomic mass is 16.5. The van der Waals surface area contributed by atoms with Crippen molar-refractivity contribution in [2.24, 2.45) is 5.92 Å². The summed E-state index contributed by atoms with van der Waals surface area (Å²) in [4.78, 5) is 24.5. The van der Waals surface area contributed by atoms with Gasteiger partial charge in [-0.05, 0) is 26.7 Å². The van der Waals surface area contributed by atoms with Gasteiger partial charge in [0.1, 0.15) is 17.9 Å². The van der Waals surface area contributed by atoms with Gasteiger partial charge in [-0.1, -0.05) is 5.16 Å². The number of hydrogen-bond donors (Lipinski definition) is 3. The lowest BCUT2D eigenvalue weighted by molar-refractivity contribution is -0.125. The lowest BCUT2D eigenvalue weighted by Crippen LogP contribution is -2.40. The molecule has 1 aliphatic carbocycles. The van der Waals surface area contributed by atoms with Crippen LogP contribution in [-0.2, 0) is 17.8 Å². The van der Waals surface area contributed by atoms with Gasteiger partial charge in [0.05, 0.1) is 12.1 Å². The van der Waals surface area contributed by atoms with Crippen LogP contribution in [0.15, 0.2) is 16.9 Å². The third-order valence-corrected chi connectivity index (χ3v) is 4.76. The molecule has 3 rings (SSSR count). The largest absolute Gasteiger partial charge is 0.391 e. The van der Waals surface area contributed by atoms with Crippen molar-refractivity contribution < 1.29 is 19.2 Å². The SMILES string of the molecule is CCn1cnnc1CCNC(=O)[C@H]1C[C@H](NC(=O)c2cc(C)on2)[C@@H](O)C1. The first-order valence-electron chi connectivity index (χ1n) is 9.04. The van der Waals surface area contributed by atoms with E-state index >= 15 is 0 Å². The molecule has 2 aromatic rings. The molecular formula is C17H24N6O4. The number of carbonyl (C=O) groups excluding carboxylic acids is 2. The molecule has 0 bridgehead atoms. The Balaban J connectivity index is 1.47. The normalized spacial score (nSPS) is 22.0. The summed E-state index contributed by atoms with van der Waals surface area (Å²) in [6.07, 6.45) is 2.15. The predicted molar refractivity (Wildman–Crippen MR) is 93.6 cm³/mol. The molecule has 146 valence electrons. The van der Waals surface area contributed by atoms with Crippen LogP contribution in [0.25, 0.3) is 0 Å². The zero-order valence-electron chi connectivity index (χ0n) is 15.4. The molecule has 10 nitrogen and oxygen atoms in total. The standard InChI is InChI=1S/C17H24N6O4/c1-3-23-9-19-21-15(23)4-5-18-16(25)11-7-12(14(24)8-11)20-17(26)13-6-10(2)27-22-13/h6,9,11-12,14,24H,3-5,7-8H2,1-2H3,(H,18,25)(H,20,26)/t11-,12-,14-/m0/s1. The highest BCUT2D eigenvalue weighted by Crippen LogP contribution is 2.26. The van der Waals surface area contributed by atoms with E-state index in [1.807, 2.05) is 11.5 Å². The number of nitrogens with one attached hydrogen (secondary N) is 2. The van der Waals surface area contributed by atoms with E-state index in [0.717, 1.165) is 12.4 Å². The molecular weight excluding hydrogens is 352 g/mol. The van der Waals surface area contributed by atoms with E-state index in [2.05, 4.69) is 26.0 Å². The predicted octanol–water partition coefficient (Wildman–Crippen LogP) is -0.177. The highest BCUT2D eigenvalue weighted by molar-refractivity contribution is 5.92. The van der Waals surface area contributed by atoms with Crippen LogP contribution in [0, 0.1) is 12.8 Å². The van der Waals surface area contributed by atoms with E-state index in [-0.39, 0.29) is 17.5 Å². The number of aromatic nitrogens is 4. The molecule has 0 spiro atoms. The summed E-state index contributed by atoms with van der Waals surface area (Å²) >= 11 is 0. The quantitative estimate of drug-likeness (QED) is 0.610. The zero-order valence-corrected chi connectivity index (χ0v) is 15.4. The Morgan fingerprint density at radius 3 is 2.93 bits per heavy atom. The molecule has 2 amide bonds. The fourth-order valence-corrected chi connectivity index (χ4v) is 3.28. The van der Waals surface area contributed by atoms with Gasteiger partial charge in [0.25, 0.3) is 5.91 Å². The number of nitrogens with zero attached hydrogens (tertiary/aromatic N) is 4. The Kier molecular flexibility index (Phi) is 5.84. The maximum Gasteiger partial charge on any atom is 0.273 e. The molecule has 2 heterocycles. The van der Waals surface area contributed by atoms with Crippen molar-refractivity contribution in [1.29, 1.82) is 0 Å². The van der Waals surface area contributed by atoms with Crippen molar-refractivity contribution in [1.82, 2.24) is 30.6 Å². The Morgan fingerprint density at radius 2 is 2.22 bits per heavy atom. The zero-order chi connectivity index (χ0) is 19.4. The molecule has 3 N–H and O–H groups in total. The fourth-order valence-electron chi connectivity index (χ4n) is 3.28. The van der Waals surface area contributed by atoms with Gasteiger partial charge in [0.15, 0.2) is 5.69 Å². The summed E-state index contributed by atoms with van der Waals surface area (Å²) in [5.41, 5.74) is 0.160. The van der Waals surface area contributed by atoms with Crippen LogP contribution in [0.3, 0.4) is 0 Å². The van der Waals surface area contributed by atoms with Crippen LogP contribution in [-0.4, -0.2) is 55.5 Å². The van der Waals surface area contributed by atoms with Crippen LogP contribution in [0.2, 0.25) is 0 Å². The van der Waals surface area contributed by atoms with Gasteiger partial charge in [0, 0.05) is 31.5 Å². The third kappa shape index (κ3) is 4.51. The van der Waals surface area contributed by atoms with Gasteiger partial charge in [-0.25, -0.2) is 0 Å². The summed E-state index contributed by atoms with van der Waals surface area (Å²) in [5.74, 6) is 0.440. The highest BCUT2D eigenvalue weighted by Gasteiger charge is 2.38. The van der Waals surface area contributed by atoms with Crippen molar-refractivity contribution in [3.63, 3.8) is 0 Å². The summed E-state index contributed by atoms with van der Waals surface area (Å²) in [7, 11) is 0. The Morgan fingerprint density at radius 1 is 1.41 bits per heavy atom. The van der Waals surface area contributed by atoms with Gasteiger partial charge in [0.2, 0.25) is 5.91 Å². The molecule has 0 saturated heterocycles. The molecule has 0 unspecified atom stereocenters. The smallest absolute Gasteiger partial charge is 0.273 e. The topological polar surface area (TPSA) is 135 Å². The minimum Gasteiger partial charge on any atom is -0.391 e. The average Bonchev–Trinajstić information content (AvgIpc) is 3.35. The summed E-state index contributed by atoms with van der Waals surface area (Å²) in [6.45, 7) is 4.91. The Bertz CT molecular complexity index is 801. The van der Waals surface area contributed by atoms with E-state index in [1.165, 1.54) is 6.07 Å². The molecule has 1 aliphatic rings. The first-order valence-corrected chi connectivity index (χ1v) is 9.04. The van der Waals surface area contributed by atoms with Crippen LogP contribution in [0.5, 0.6) is 0 Å². The average molecular weight is 376 g/mol. The van der Waals surface area contributed by atoms with Crippen molar-refractivity contribution in [3.05, 3.63) is 29.7 Å². The van der Waals surface area contributed by atoms with Crippen LogP contribution in [0.1, 0.15) is 41.8 Å². The number of amides is 2. The van der Waals surface area contributed by atoms with E-state index in [1.54, 1.807) is 13.3 Å². The van der Waals surface area contributed by atoms with Crippen molar-refractivity contribution >= 4 is 11.8 Å². The van der Waals surface area contributed by atoms with Gasteiger partial charge in [-0.2, -0.15) is 0 Å². The van der Waals surface area contributed by atoms with Gasteiger partial charge in [-0.3, -0.25) is 9.59 Å². The van der Waals surface area contributed by atoms with Crippen LogP contribution in [0.4, 0.5) is 0 Å². The minimum atomic E-state index is -0.777. The monoisotopic (exact) mass is 376 g/mol. The van der Waals surface area contributed by atoms with Crippen LogP contribution >= 0.6 is 0 Å². The van der Waals surface area contributed by atoms with Crippen molar-refractivity contribution in [3.8, 4) is 0 Å². The molecule has 27 heavy (non-hydrogen) atoms. The number of aliphatic hydroxyl groups excluding tert-OH is 1. The second-order valence-electron chi connectivity index (χ2n) is 6.71. The Hall–Kier alpha value is -2.75. The second-order valence-corrected chi connectivity index (χ2v) is 6.71. The lowest BCUT2D eigenvalue weighted by Gasteiger charge is -2.15. The van der Waals surface area contributed by atoms with Crippen molar-refractivity contribution in [2.45, 2.75) is 51.8 Å². The fraction of sp³-hybridized carbons (Fsp3) is 0.588. The van der Waals surface area contributed by atoms with E-state index in [0.29, 0.717) is 31.6 Å². The maximum atomic E-state index is 12.4. The van der Waals surface area contributed by atoms with E-state index < -0.39 is 18.1 Å². The first kappa shape index (κ1) is 19.0. The molecule has 1 fully saturated rings. The van der Waals surface area contributed by atoms with E-state index in [9.17, 15) is 14.7 Å². The van der Waals surface area contributed by atoms with Crippen molar-refractivity contribution in [2.75, 3.05) is 6.54 Å². The third-order valence-electron chi connectivity index (χ3n) is 4.76. The minimum absolute atomic E-state index is 0.134. The van der Waals surface area contributed by atoms with E-state index in [4.69, 9.17) is 4.52 Å². The molecule has 3 atom stereocenters. The number of hydrogen-bond acceptors (Lipinski definition) is 7. The number of aryl methyl sites for hydroxylation is 2. The number of carbonyl (C=O) groups is 2.